The molecule has 0 bridgehead atoms. The quantitative estimate of drug-likeness (QED) is 0.575. The van der Waals surface area contributed by atoms with Gasteiger partial charge in [0.1, 0.15) is 6.10 Å². The van der Waals surface area contributed by atoms with Crippen molar-refractivity contribution >= 4 is 22.6 Å². The van der Waals surface area contributed by atoms with Gasteiger partial charge in [0.2, 0.25) is 11.8 Å². The summed E-state index contributed by atoms with van der Waals surface area (Å²) in [7, 11) is 0. The molecule has 2 aliphatic rings. The normalized spacial score (nSPS) is 22.1. The van der Waals surface area contributed by atoms with Crippen molar-refractivity contribution in [3.05, 3.63) is 83.4 Å². The third-order valence-corrected chi connectivity index (χ3v) is 7.05. The van der Waals surface area contributed by atoms with E-state index in [9.17, 15) is 9.59 Å². The zero-order valence-electron chi connectivity index (χ0n) is 18.8. The van der Waals surface area contributed by atoms with Crippen LogP contribution in [0.15, 0.2) is 66.7 Å². The van der Waals surface area contributed by atoms with Crippen LogP contribution in [0.4, 0.5) is 0 Å². The van der Waals surface area contributed by atoms with Crippen LogP contribution in [0.3, 0.4) is 0 Å². The average Bonchev–Trinajstić information content (AvgIpc) is 3.22. The first-order chi connectivity index (χ1) is 16.1. The molecular weight excluding hydrogens is 412 g/mol. The van der Waals surface area contributed by atoms with Crippen molar-refractivity contribution in [2.45, 2.75) is 50.2 Å². The largest absolute Gasteiger partial charge is 0.371 e. The third kappa shape index (κ3) is 4.79. The van der Waals surface area contributed by atoms with Crippen molar-refractivity contribution < 1.29 is 14.3 Å². The van der Waals surface area contributed by atoms with Gasteiger partial charge < -0.3 is 15.4 Å². The van der Waals surface area contributed by atoms with Gasteiger partial charge in [-0.1, -0.05) is 66.7 Å². The lowest BCUT2D eigenvalue weighted by Crippen LogP contribution is -2.44. The molecule has 1 fully saturated rings. The molecule has 2 N–H and O–H groups in total. The molecule has 1 saturated heterocycles. The van der Waals surface area contributed by atoms with Gasteiger partial charge in [-0.3, -0.25) is 9.59 Å². The van der Waals surface area contributed by atoms with Crippen molar-refractivity contribution in [3.63, 3.8) is 0 Å². The van der Waals surface area contributed by atoms with Crippen molar-refractivity contribution in [2.24, 2.45) is 0 Å². The van der Waals surface area contributed by atoms with Gasteiger partial charge in [0.15, 0.2) is 0 Å². The highest BCUT2D eigenvalue weighted by Crippen LogP contribution is 2.32. The Labute approximate surface area is 194 Å². The van der Waals surface area contributed by atoms with Gasteiger partial charge in [0, 0.05) is 24.9 Å². The van der Waals surface area contributed by atoms with Gasteiger partial charge >= 0.3 is 0 Å². The minimum atomic E-state index is -0.382. The number of hydrogen-bond donors (Lipinski definition) is 2. The van der Waals surface area contributed by atoms with E-state index in [1.54, 1.807) is 0 Å². The monoisotopic (exact) mass is 442 g/mol. The molecule has 170 valence electrons. The van der Waals surface area contributed by atoms with Crippen LogP contribution in [0.2, 0.25) is 0 Å². The summed E-state index contributed by atoms with van der Waals surface area (Å²) in [6.45, 7) is 1.15. The van der Waals surface area contributed by atoms with Crippen molar-refractivity contribution in [1.29, 1.82) is 0 Å². The zero-order valence-corrected chi connectivity index (χ0v) is 18.8. The molecule has 0 radical (unpaired) electrons. The Morgan fingerprint density at radius 2 is 1.85 bits per heavy atom. The minimum Gasteiger partial charge on any atom is -0.371 e. The van der Waals surface area contributed by atoms with E-state index < -0.39 is 0 Å². The first-order valence-electron chi connectivity index (χ1n) is 11.9. The SMILES string of the molecule is O=C(CC[C@@]1(Cc2cccc3ccccc23)CCC(=O)N1)NC[C@@H]1OCCc2ccccc21. The highest BCUT2D eigenvalue weighted by molar-refractivity contribution is 5.86. The molecule has 0 aromatic heterocycles. The Hall–Kier alpha value is -3.18. The fourth-order valence-corrected chi connectivity index (χ4v) is 5.29. The number of nitrogens with one attached hydrogen (secondary N) is 2. The average molecular weight is 443 g/mol. The van der Waals surface area contributed by atoms with Crippen LogP contribution in [0.25, 0.3) is 10.8 Å². The van der Waals surface area contributed by atoms with Crippen LogP contribution in [0.1, 0.15) is 48.5 Å². The fraction of sp³-hybridized carbons (Fsp3) is 0.357. The number of benzene rings is 3. The molecule has 0 saturated carbocycles. The molecule has 0 aliphatic carbocycles. The molecule has 0 spiro atoms. The summed E-state index contributed by atoms with van der Waals surface area (Å²) in [5.74, 6) is 0.0722. The predicted molar refractivity (Wildman–Crippen MR) is 129 cm³/mol. The van der Waals surface area contributed by atoms with Crippen molar-refractivity contribution in [2.75, 3.05) is 13.2 Å². The summed E-state index contributed by atoms with van der Waals surface area (Å²) in [5.41, 5.74) is 3.29. The maximum atomic E-state index is 12.8. The van der Waals surface area contributed by atoms with E-state index in [1.165, 1.54) is 27.5 Å². The molecule has 3 aromatic carbocycles. The Morgan fingerprint density at radius 3 is 2.73 bits per heavy atom. The van der Waals surface area contributed by atoms with Crippen LogP contribution in [-0.2, 0) is 27.2 Å². The van der Waals surface area contributed by atoms with E-state index >= 15 is 0 Å². The maximum Gasteiger partial charge on any atom is 0.220 e. The lowest BCUT2D eigenvalue weighted by Gasteiger charge is -2.30. The summed E-state index contributed by atoms with van der Waals surface area (Å²) >= 11 is 0. The second-order valence-electron chi connectivity index (χ2n) is 9.26. The fourth-order valence-electron chi connectivity index (χ4n) is 5.29. The van der Waals surface area contributed by atoms with Crippen LogP contribution in [0.5, 0.6) is 0 Å². The van der Waals surface area contributed by atoms with Crippen LogP contribution in [-0.4, -0.2) is 30.5 Å². The van der Waals surface area contributed by atoms with E-state index in [4.69, 9.17) is 4.74 Å². The molecule has 5 rings (SSSR count). The molecule has 0 unspecified atom stereocenters. The summed E-state index contributed by atoms with van der Waals surface area (Å²) < 4.78 is 5.91. The smallest absolute Gasteiger partial charge is 0.220 e. The van der Waals surface area contributed by atoms with Crippen molar-refractivity contribution in [3.8, 4) is 0 Å². The van der Waals surface area contributed by atoms with Gasteiger partial charge in [0.25, 0.3) is 0 Å². The standard InChI is InChI=1S/C28H30N2O3/c31-26(29-19-25-24-11-4-2-7-21(24)14-17-33-25)12-15-28(16-13-27(32)30-28)18-22-9-5-8-20-6-1-3-10-23(20)22/h1-11,25H,12-19H2,(H,29,31)(H,30,32)/t25-,28-/m0/s1. The summed E-state index contributed by atoms with van der Waals surface area (Å²) in [6.07, 6.45) is 3.80. The van der Waals surface area contributed by atoms with Crippen LogP contribution < -0.4 is 10.6 Å². The highest BCUT2D eigenvalue weighted by Gasteiger charge is 2.38. The molecule has 3 aromatic rings. The topological polar surface area (TPSA) is 67.4 Å². The lowest BCUT2D eigenvalue weighted by molar-refractivity contribution is -0.123. The van der Waals surface area contributed by atoms with E-state index in [0.29, 0.717) is 32.4 Å². The van der Waals surface area contributed by atoms with Crippen LogP contribution >= 0.6 is 0 Å². The van der Waals surface area contributed by atoms with Gasteiger partial charge in [-0.2, -0.15) is 0 Å². The first-order valence-corrected chi connectivity index (χ1v) is 11.9. The Balaban J connectivity index is 1.24. The Morgan fingerprint density at radius 1 is 1.03 bits per heavy atom. The molecule has 2 amide bonds. The van der Waals surface area contributed by atoms with E-state index in [2.05, 4.69) is 53.1 Å². The molecule has 5 heteroatoms. The van der Waals surface area contributed by atoms with E-state index in [1.807, 2.05) is 24.3 Å². The van der Waals surface area contributed by atoms with E-state index in [-0.39, 0.29) is 23.5 Å². The highest BCUT2D eigenvalue weighted by atomic mass is 16.5. The second-order valence-corrected chi connectivity index (χ2v) is 9.26. The molecule has 2 atom stereocenters. The first kappa shape index (κ1) is 21.7. The number of carbonyl (C=O) groups excluding carboxylic acids is 2. The molecule has 33 heavy (non-hydrogen) atoms. The Kier molecular flexibility index (Phi) is 6.14. The number of amides is 2. The van der Waals surface area contributed by atoms with Crippen molar-refractivity contribution in [1.82, 2.24) is 10.6 Å². The minimum absolute atomic E-state index is 0.0000910. The third-order valence-electron chi connectivity index (χ3n) is 7.05. The van der Waals surface area contributed by atoms with Gasteiger partial charge in [-0.05, 0) is 53.1 Å². The number of carbonyl (C=O) groups is 2. The van der Waals surface area contributed by atoms with Gasteiger partial charge in [0.05, 0.1) is 6.61 Å². The zero-order chi connectivity index (χ0) is 22.7. The summed E-state index contributed by atoms with van der Waals surface area (Å²) in [6, 6.07) is 22.9. The molecule has 2 heterocycles. The summed E-state index contributed by atoms with van der Waals surface area (Å²) in [4.78, 5) is 24.9. The Bertz CT molecular complexity index is 1170. The van der Waals surface area contributed by atoms with E-state index in [0.717, 1.165) is 19.3 Å². The predicted octanol–water partition coefficient (Wildman–Crippen LogP) is 4.24. The number of ether oxygens (including phenoxy) is 1. The second kappa shape index (κ2) is 9.36. The van der Waals surface area contributed by atoms with Crippen LogP contribution in [0, 0.1) is 0 Å². The molecule has 5 nitrogen and oxygen atoms in total. The van der Waals surface area contributed by atoms with Gasteiger partial charge in [-0.15, -0.1) is 0 Å². The molecule has 2 aliphatic heterocycles. The number of hydrogen-bond acceptors (Lipinski definition) is 3. The van der Waals surface area contributed by atoms with Gasteiger partial charge in [-0.25, -0.2) is 0 Å². The molecular formula is C28H30N2O3. The number of fused-ring (bicyclic) bond motifs is 2. The maximum absolute atomic E-state index is 12.8. The summed E-state index contributed by atoms with van der Waals surface area (Å²) in [5, 5.41) is 8.67. The number of rotatable bonds is 7. The lowest BCUT2D eigenvalue weighted by atomic mass is 9.83.